The van der Waals surface area contributed by atoms with Crippen LogP contribution in [0.15, 0.2) is 48.8 Å². The first-order valence-electron chi connectivity index (χ1n) is 6.23. The van der Waals surface area contributed by atoms with Crippen LogP contribution in [0.5, 0.6) is 0 Å². The van der Waals surface area contributed by atoms with Gasteiger partial charge in [0.15, 0.2) is 0 Å². The molecule has 0 saturated heterocycles. The number of hydrogen-bond acceptors (Lipinski definition) is 3. The van der Waals surface area contributed by atoms with Crippen molar-refractivity contribution in [1.82, 2.24) is 10.3 Å². The smallest absolute Gasteiger partial charge is 0.123 e. The minimum absolute atomic E-state index is 0.123. The van der Waals surface area contributed by atoms with Gasteiger partial charge >= 0.3 is 0 Å². The first kappa shape index (κ1) is 13.6. The van der Waals surface area contributed by atoms with Crippen molar-refractivity contribution in [3.05, 3.63) is 65.7 Å². The van der Waals surface area contributed by atoms with Gasteiger partial charge in [0.2, 0.25) is 0 Å². The molecule has 1 heterocycles. The molecule has 0 spiro atoms. The Balaban J connectivity index is 1.90. The molecule has 2 aromatic rings. The van der Waals surface area contributed by atoms with Crippen molar-refractivity contribution in [3.63, 3.8) is 0 Å². The highest BCUT2D eigenvalue weighted by Crippen LogP contribution is 2.15. The quantitative estimate of drug-likeness (QED) is 0.868. The number of halogens is 1. The summed E-state index contributed by atoms with van der Waals surface area (Å²) in [5, 5.41) is 13.3. The molecule has 1 aromatic heterocycles. The van der Waals surface area contributed by atoms with Gasteiger partial charge in [-0.2, -0.15) is 0 Å². The molecule has 0 radical (unpaired) electrons. The summed E-state index contributed by atoms with van der Waals surface area (Å²) >= 11 is 0. The highest BCUT2D eigenvalue weighted by atomic mass is 19.1. The van der Waals surface area contributed by atoms with E-state index in [0.717, 1.165) is 5.56 Å². The van der Waals surface area contributed by atoms with Gasteiger partial charge in [-0.15, -0.1) is 0 Å². The summed E-state index contributed by atoms with van der Waals surface area (Å²) in [7, 11) is 0. The molecule has 2 rings (SSSR count). The molecule has 0 fully saturated rings. The molecule has 0 aliphatic carbocycles. The maximum atomic E-state index is 12.8. The van der Waals surface area contributed by atoms with Gasteiger partial charge in [-0.25, -0.2) is 4.39 Å². The fourth-order valence-electron chi connectivity index (χ4n) is 1.86. The van der Waals surface area contributed by atoms with Crippen molar-refractivity contribution in [2.45, 2.75) is 19.1 Å². The van der Waals surface area contributed by atoms with Gasteiger partial charge in [0.25, 0.3) is 0 Å². The molecule has 0 saturated carbocycles. The molecule has 0 aliphatic heterocycles. The second-order valence-corrected chi connectivity index (χ2v) is 4.48. The molecule has 0 bridgehead atoms. The minimum atomic E-state index is -0.648. The Morgan fingerprint density at radius 2 is 1.74 bits per heavy atom. The van der Waals surface area contributed by atoms with E-state index < -0.39 is 6.10 Å². The van der Waals surface area contributed by atoms with Crippen LogP contribution in [0.25, 0.3) is 0 Å². The lowest BCUT2D eigenvalue weighted by atomic mass is 10.1. The van der Waals surface area contributed by atoms with Crippen LogP contribution in [0.4, 0.5) is 4.39 Å². The number of aliphatic hydroxyl groups excluding tert-OH is 1. The Morgan fingerprint density at radius 1 is 1.11 bits per heavy atom. The maximum Gasteiger partial charge on any atom is 0.123 e. The predicted octanol–water partition coefficient (Wildman–Crippen LogP) is 2.60. The number of aliphatic hydroxyl groups is 1. The maximum absolute atomic E-state index is 12.8. The SMILES string of the molecule is C[C@H](NCC(O)c1ccc(F)cc1)c1ccncc1. The summed E-state index contributed by atoms with van der Waals surface area (Å²) in [5.41, 5.74) is 1.82. The lowest BCUT2D eigenvalue weighted by Gasteiger charge is -2.17. The lowest BCUT2D eigenvalue weighted by Crippen LogP contribution is -2.24. The van der Waals surface area contributed by atoms with Gasteiger partial charge in [-0.1, -0.05) is 12.1 Å². The third-order valence-corrected chi connectivity index (χ3v) is 3.08. The van der Waals surface area contributed by atoms with Gasteiger partial charge < -0.3 is 10.4 Å². The van der Waals surface area contributed by atoms with Crippen LogP contribution >= 0.6 is 0 Å². The monoisotopic (exact) mass is 260 g/mol. The Hall–Kier alpha value is -1.78. The fourth-order valence-corrected chi connectivity index (χ4v) is 1.86. The fraction of sp³-hybridized carbons (Fsp3) is 0.267. The molecule has 2 N–H and O–H groups in total. The zero-order chi connectivity index (χ0) is 13.7. The molecular formula is C15H17FN2O. The normalized spacial score (nSPS) is 14.1. The number of benzene rings is 1. The van der Waals surface area contributed by atoms with E-state index in [-0.39, 0.29) is 11.9 Å². The zero-order valence-corrected chi connectivity index (χ0v) is 10.8. The largest absolute Gasteiger partial charge is 0.387 e. The summed E-state index contributed by atoms with van der Waals surface area (Å²) in [4.78, 5) is 3.97. The number of hydrogen-bond donors (Lipinski definition) is 2. The first-order chi connectivity index (χ1) is 9.16. The Bertz CT molecular complexity index is 501. The van der Waals surface area contributed by atoms with Crippen LogP contribution in [0.2, 0.25) is 0 Å². The average molecular weight is 260 g/mol. The van der Waals surface area contributed by atoms with Crippen molar-refractivity contribution in [3.8, 4) is 0 Å². The molecule has 0 aliphatic rings. The van der Waals surface area contributed by atoms with Crippen molar-refractivity contribution < 1.29 is 9.50 Å². The van der Waals surface area contributed by atoms with Crippen molar-refractivity contribution >= 4 is 0 Å². The van der Waals surface area contributed by atoms with E-state index in [2.05, 4.69) is 10.3 Å². The molecule has 2 atom stereocenters. The van der Waals surface area contributed by atoms with Crippen LogP contribution < -0.4 is 5.32 Å². The highest BCUT2D eigenvalue weighted by molar-refractivity contribution is 5.19. The Kier molecular flexibility index (Phi) is 4.60. The van der Waals surface area contributed by atoms with Crippen molar-refractivity contribution in [1.29, 1.82) is 0 Å². The lowest BCUT2D eigenvalue weighted by molar-refractivity contribution is 0.170. The summed E-state index contributed by atoms with van der Waals surface area (Å²) in [5.74, 6) is -0.297. The molecular weight excluding hydrogens is 243 g/mol. The van der Waals surface area contributed by atoms with Crippen LogP contribution in [0.3, 0.4) is 0 Å². The van der Waals surface area contributed by atoms with Gasteiger partial charge in [0.1, 0.15) is 5.82 Å². The van der Waals surface area contributed by atoms with Gasteiger partial charge in [-0.05, 0) is 42.3 Å². The second-order valence-electron chi connectivity index (χ2n) is 4.48. The highest BCUT2D eigenvalue weighted by Gasteiger charge is 2.10. The zero-order valence-electron chi connectivity index (χ0n) is 10.8. The van der Waals surface area contributed by atoms with E-state index in [9.17, 15) is 9.50 Å². The summed E-state index contributed by atoms with van der Waals surface area (Å²) < 4.78 is 12.8. The average Bonchev–Trinajstić information content (AvgIpc) is 2.46. The van der Waals surface area contributed by atoms with Gasteiger partial charge in [-0.3, -0.25) is 4.98 Å². The summed E-state index contributed by atoms with van der Waals surface area (Å²) in [6.45, 7) is 2.43. The molecule has 4 heteroatoms. The third kappa shape index (κ3) is 3.84. The van der Waals surface area contributed by atoms with Crippen LogP contribution in [-0.4, -0.2) is 16.6 Å². The molecule has 0 amide bonds. The number of rotatable bonds is 5. The molecule has 19 heavy (non-hydrogen) atoms. The topological polar surface area (TPSA) is 45.1 Å². The number of nitrogens with zero attached hydrogens (tertiary/aromatic N) is 1. The Morgan fingerprint density at radius 3 is 2.37 bits per heavy atom. The predicted molar refractivity (Wildman–Crippen MR) is 72.0 cm³/mol. The number of nitrogens with one attached hydrogen (secondary N) is 1. The minimum Gasteiger partial charge on any atom is -0.387 e. The number of aromatic nitrogens is 1. The molecule has 1 unspecified atom stereocenters. The third-order valence-electron chi connectivity index (χ3n) is 3.08. The Labute approximate surface area is 112 Å². The van der Waals surface area contributed by atoms with Gasteiger partial charge in [0, 0.05) is 25.0 Å². The van der Waals surface area contributed by atoms with E-state index >= 15 is 0 Å². The molecule has 3 nitrogen and oxygen atoms in total. The van der Waals surface area contributed by atoms with Gasteiger partial charge in [0.05, 0.1) is 6.10 Å². The summed E-state index contributed by atoms with van der Waals surface area (Å²) in [6.07, 6.45) is 2.83. The van der Waals surface area contributed by atoms with E-state index in [1.807, 2.05) is 19.1 Å². The van der Waals surface area contributed by atoms with E-state index in [4.69, 9.17) is 0 Å². The van der Waals surface area contributed by atoms with Crippen molar-refractivity contribution in [2.24, 2.45) is 0 Å². The van der Waals surface area contributed by atoms with Crippen LogP contribution in [0.1, 0.15) is 30.2 Å². The standard InChI is InChI=1S/C15H17FN2O/c1-11(12-6-8-17-9-7-12)18-10-15(19)13-2-4-14(16)5-3-13/h2-9,11,15,18-19H,10H2,1H3/t11-,15?/m0/s1. The first-order valence-corrected chi connectivity index (χ1v) is 6.23. The van der Waals surface area contributed by atoms with E-state index in [0.29, 0.717) is 12.1 Å². The van der Waals surface area contributed by atoms with Crippen LogP contribution in [0, 0.1) is 5.82 Å². The van der Waals surface area contributed by atoms with E-state index in [1.165, 1.54) is 12.1 Å². The van der Waals surface area contributed by atoms with Crippen molar-refractivity contribution in [2.75, 3.05) is 6.54 Å². The molecule has 100 valence electrons. The molecule has 1 aromatic carbocycles. The van der Waals surface area contributed by atoms with E-state index in [1.54, 1.807) is 24.5 Å². The van der Waals surface area contributed by atoms with Crippen LogP contribution in [-0.2, 0) is 0 Å². The second kappa shape index (κ2) is 6.41. The number of pyridine rings is 1. The summed E-state index contributed by atoms with van der Waals surface area (Å²) in [6, 6.07) is 9.88.